The van der Waals surface area contributed by atoms with Crippen LogP contribution in [0.25, 0.3) is 0 Å². The van der Waals surface area contributed by atoms with E-state index >= 15 is 0 Å². The third-order valence-corrected chi connectivity index (χ3v) is 3.60. The van der Waals surface area contributed by atoms with Crippen molar-refractivity contribution in [3.63, 3.8) is 0 Å². The molecule has 0 aromatic carbocycles. The molecule has 1 saturated carbocycles. The number of halogens is 1. The lowest BCUT2D eigenvalue weighted by Gasteiger charge is -2.35. The Kier molecular flexibility index (Phi) is 3.47. The van der Waals surface area contributed by atoms with Crippen LogP contribution in [-0.2, 0) is 0 Å². The third-order valence-electron chi connectivity index (χ3n) is 2.36. The minimum atomic E-state index is 0.917. The van der Waals surface area contributed by atoms with E-state index in [9.17, 15) is 0 Å². The van der Waals surface area contributed by atoms with Gasteiger partial charge in [0.2, 0.25) is 0 Å². The topological polar surface area (TPSA) is 0 Å². The second kappa shape index (κ2) is 3.93. The van der Waals surface area contributed by atoms with Crippen LogP contribution in [0.1, 0.15) is 33.1 Å². The Morgan fingerprint density at radius 1 is 1.30 bits per heavy atom. The van der Waals surface area contributed by atoms with E-state index in [0.29, 0.717) is 0 Å². The molecule has 0 atom stereocenters. The van der Waals surface area contributed by atoms with Crippen molar-refractivity contribution < 1.29 is 0 Å². The second-order valence-corrected chi connectivity index (χ2v) is 4.87. The summed E-state index contributed by atoms with van der Waals surface area (Å²) in [6, 6.07) is 0. The monoisotopic (exact) mass is 252 g/mol. The van der Waals surface area contributed by atoms with E-state index in [1.54, 1.807) is 0 Å². The van der Waals surface area contributed by atoms with Crippen LogP contribution in [0, 0.1) is 17.8 Å². The zero-order valence-electron chi connectivity index (χ0n) is 6.94. The molecule has 0 radical (unpaired) electrons. The molecule has 0 heterocycles. The van der Waals surface area contributed by atoms with E-state index in [-0.39, 0.29) is 0 Å². The Morgan fingerprint density at radius 3 is 2.30 bits per heavy atom. The van der Waals surface area contributed by atoms with E-state index < -0.39 is 0 Å². The van der Waals surface area contributed by atoms with Gasteiger partial charge in [0, 0.05) is 4.43 Å². The minimum absolute atomic E-state index is 0.917. The fourth-order valence-corrected chi connectivity index (χ4v) is 2.58. The normalized spacial score (nSPS) is 32.4. The molecule has 1 aliphatic rings. The highest BCUT2D eigenvalue weighted by Gasteiger charge is 2.27. The zero-order chi connectivity index (χ0) is 7.56. The van der Waals surface area contributed by atoms with Crippen molar-refractivity contribution >= 4 is 22.6 Å². The predicted octanol–water partition coefficient (Wildman–Crippen LogP) is 3.49. The van der Waals surface area contributed by atoms with Crippen molar-refractivity contribution in [3.05, 3.63) is 0 Å². The smallest absolute Gasteiger partial charge is 0.00239 e. The quantitative estimate of drug-likeness (QED) is 0.532. The molecule has 0 aromatic heterocycles. The first-order valence-corrected chi connectivity index (χ1v) is 5.81. The van der Waals surface area contributed by atoms with Gasteiger partial charge in [-0.3, -0.25) is 0 Å². The third kappa shape index (κ3) is 2.40. The molecule has 0 saturated heterocycles. The fourth-order valence-electron chi connectivity index (χ4n) is 1.86. The maximum absolute atomic E-state index is 2.51. The van der Waals surface area contributed by atoms with Gasteiger partial charge in [0.1, 0.15) is 0 Å². The van der Waals surface area contributed by atoms with Crippen molar-refractivity contribution in [3.8, 4) is 0 Å². The summed E-state index contributed by atoms with van der Waals surface area (Å²) in [7, 11) is 0. The summed E-state index contributed by atoms with van der Waals surface area (Å²) >= 11 is 2.51. The van der Waals surface area contributed by atoms with Crippen molar-refractivity contribution in [2.24, 2.45) is 17.8 Å². The van der Waals surface area contributed by atoms with E-state index in [2.05, 4.69) is 36.4 Å². The molecule has 10 heavy (non-hydrogen) atoms. The Hall–Kier alpha value is 0.730. The van der Waals surface area contributed by atoms with Crippen molar-refractivity contribution in [1.82, 2.24) is 0 Å². The zero-order valence-corrected chi connectivity index (χ0v) is 9.10. The first kappa shape index (κ1) is 8.82. The van der Waals surface area contributed by atoms with Gasteiger partial charge in [0.05, 0.1) is 0 Å². The maximum atomic E-state index is 2.51. The van der Waals surface area contributed by atoms with Gasteiger partial charge < -0.3 is 0 Å². The van der Waals surface area contributed by atoms with Crippen LogP contribution in [0.15, 0.2) is 0 Å². The highest BCUT2D eigenvalue weighted by Crippen LogP contribution is 2.38. The largest absolute Gasteiger partial charge is 0.0861 e. The lowest BCUT2D eigenvalue weighted by Crippen LogP contribution is -2.25. The van der Waals surface area contributed by atoms with Crippen molar-refractivity contribution in [2.75, 3.05) is 4.43 Å². The Labute approximate surface area is 77.9 Å². The molecule has 1 rings (SSSR count). The second-order valence-electron chi connectivity index (χ2n) is 3.99. The van der Waals surface area contributed by atoms with Crippen LogP contribution < -0.4 is 0 Å². The van der Waals surface area contributed by atoms with E-state index in [4.69, 9.17) is 0 Å². The Bertz CT molecular complexity index is 92.9. The number of alkyl halides is 1. The lowest BCUT2D eigenvalue weighted by molar-refractivity contribution is 0.187. The highest BCUT2D eigenvalue weighted by atomic mass is 127. The van der Waals surface area contributed by atoms with Crippen LogP contribution >= 0.6 is 22.6 Å². The molecule has 60 valence electrons. The SMILES string of the molecule is CC(C)CC1CC(CI)C1. The molecule has 1 fully saturated rings. The summed E-state index contributed by atoms with van der Waals surface area (Å²) in [5.74, 6) is 3.07. The first-order valence-electron chi connectivity index (χ1n) is 4.28. The summed E-state index contributed by atoms with van der Waals surface area (Å²) in [4.78, 5) is 0. The van der Waals surface area contributed by atoms with E-state index in [1.165, 1.54) is 23.7 Å². The summed E-state index contributed by atoms with van der Waals surface area (Å²) in [6.07, 6.45) is 4.50. The first-order chi connectivity index (χ1) is 4.72. The lowest BCUT2D eigenvalue weighted by atomic mass is 9.72. The molecule has 1 aliphatic carbocycles. The molecular formula is C9H17I. The summed E-state index contributed by atoms with van der Waals surface area (Å²) in [5, 5.41) is 0. The molecule has 0 unspecified atom stereocenters. The molecule has 0 N–H and O–H groups in total. The molecule has 0 bridgehead atoms. The molecular weight excluding hydrogens is 235 g/mol. The maximum Gasteiger partial charge on any atom is 0.00239 e. The molecule has 0 nitrogen and oxygen atoms in total. The minimum Gasteiger partial charge on any atom is -0.0861 e. The van der Waals surface area contributed by atoms with Gasteiger partial charge in [0.25, 0.3) is 0 Å². The Balaban J connectivity index is 2.03. The number of rotatable bonds is 3. The van der Waals surface area contributed by atoms with E-state index in [1.807, 2.05) is 0 Å². The van der Waals surface area contributed by atoms with E-state index in [0.717, 1.165) is 17.8 Å². The predicted molar refractivity (Wildman–Crippen MR) is 54.6 cm³/mol. The average Bonchev–Trinajstić information content (AvgIpc) is 1.76. The van der Waals surface area contributed by atoms with Gasteiger partial charge >= 0.3 is 0 Å². The van der Waals surface area contributed by atoms with Crippen LogP contribution in [-0.4, -0.2) is 4.43 Å². The molecule has 0 aromatic rings. The number of hydrogen-bond donors (Lipinski definition) is 0. The van der Waals surface area contributed by atoms with Gasteiger partial charge in [-0.2, -0.15) is 0 Å². The fraction of sp³-hybridized carbons (Fsp3) is 1.00. The molecule has 0 amide bonds. The van der Waals surface area contributed by atoms with Gasteiger partial charge in [-0.05, 0) is 37.0 Å². The van der Waals surface area contributed by atoms with Crippen molar-refractivity contribution in [2.45, 2.75) is 33.1 Å². The summed E-state index contributed by atoms with van der Waals surface area (Å²) < 4.78 is 1.38. The van der Waals surface area contributed by atoms with Crippen LogP contribution in [0.2, 0.25) is 0 Å². The summed E-state index contributed by atoms with van der Waals surface area (Å²) in [5.41, 5.74) is 0. The van der Waals surface area contributed by atoms with Gasteiger partial charge in [-0.15, -0.1) is 0 Å². The molecule has 0 spiro atoms. The van der Waals surface area contributed by atoms with Gasteiger partial charge in [0.15, 0.2) is 0 Å². The standard InChI is InChI=1S/C9H17I/c1-7(2)3-8-4-9(5-8)6-10/h7-9H,3-6H2,1-2H3. The Morgan fingerprint density at radius 2 is 1.90 bits per heavy atom. The van der Waals surface area contributed by atoms with Crippen LogP contribution in [0.3, 0.4) is 0 Å². The summed E-state index contributed by atoms with van der Waals surface area (Å²) in [6.45, 7) is 4.66. The molecule has 0 aliphatic heterocycles. The highest BCUT2D eigenvalue weighted by molar-refractivity contribution is 14.1. The molecule has 1 heteroatoms. The van der Waals surface area contributed by atoms with Crippen LogP contribution in [0.5, 0.6) is 0 Å². The van der Waals surface area contributed by atoms with Gasteiger partial charge in [-0.1, -0.05) is 36.4 Å². The van der Waals surface area contributed by atoms with Crippen molar-refractivity contribution in [1.29, 1.82) is 0 Å². The van der Waals surface area contributed by atoms with Crippen LogP contribution in [0.4, 0.5) is 0 Å². The average molecular weight is 252 g/mol. The van der Waals surface area contributed by atoms with Gasteiger partial charge in [-0.25, -0.2) is 0 Å². The number of hydrogen-bond acceptors (Lipinski definition) is 0.